The second kappa shape index (κ2) is 6.14. The Labute approximate surface area is 123 Å². The third kappa shape index (κ3) is 2.75. The van der Waals surface area contributed by atoms with Gasteiger partial charge < -0.3 is 14.8 Å². The highest BCUT2D eigenvalue weighted by molar-refractivity contribution is 9.10. The van der Waals surface area contributed by atoms with Crippen LogP contribution in [0.3, 0.4) is 0 Å². The Bertz CT molecular complexity index is 462. The maximum Gasteiger partial charge on any atom is 0.138 e. The summed E-state index contributed by atoms with van der Waals surface area (Å²) in [5.74, 6) is 2.58. The van der Waals surface area contributed by atoms with E-state index < -0.39 is 0 Å². The van der Waals surface area contributed by atoms with E-state index in [2.05, 4.69) is 28.2 Å². The molecule has 19 heavy (non-hydrogen) atoms. The Hall–Kier alpha value is -0.740. The fourth-order valence-corrected chi connectivity index (χ4v) is 3.56. The van der Waals surface area contributed by atoms with Crippen LogP contribution in [-0.4, -0.2) is 21.3 Å². The van der Waals surface area contributed by atoms with Crippen LogP contribution in [0.4, 0.5) is 0 Å². The van der Waals surface area contributed by atoms with Crippen molar-refractivity contribution in [2.75, 3.05) is 21.3 Å². The van der Waals surface area contributed by atoms with Crippen LogP contribution < -0.4 is 14.8 Å². The molecular formula is C15H22BrNO2. The average Bonchev–Trinajstić information content (AvgIpc) is 2.57. The number of hydrogen-bond donors (Lipinski definition) is 1. The van der Waals surface area contributed by atoms with Gasteiger partial charge in [-0.15, -0.1) is 0 Å². The molecule has 0 saturated carbocycles. The zero-order valence-corrected chi connectivity index (χ0v) is 13.6. The SMILES string of the molecule is CNC1CC(C)CCc2c(OC)cc(Br)c(OC)c21. The zero-order chi connectivity index (χ0) is 14.0. The number of ether oxygens (including phenoxy) is 2. The summed E-state index contributed by atoms with van der Waals surface area (Å²) in [5, 5.41) is 3.43. The normalized spacial score (nSPS) is 22.6. The summed E-state index contributed by atoms with van der Waals surface area (Å²) in [7, 11) is 5.48. The molecule has 0 fully saturated rings. The maximum atomic E-state index is 5.62. The van der Waals surface area contributed by atoms with E-state index in [1.54, 1.807) is 14.2 Å². The largest absolute Gasteiger partial charge is 0.496 e. The summed E-state index contributed by atoms with van der Waals surface area (Å²) in [4.78, 5) is 0. The minimum Gasteiger partial charge on any atom is -0.496 e. The van der Waals surface area contributed by atoms with Crippen LogP contribution in [0.25, 0.3) is 0 Å². The summed E-state index contributed by atoms with van der Waals surface area (Å²) >= 11 is 3.59. The summed E-state index contributed by atoms with van der Waals surface area (Å²) in [6.07, 6.45) is 3.35. The van der Waals surface area contributed by atoms with Gasteiger partial charge in [-0.3, -0.25) is 0 Å². The average molecular weight is 328 g/mol. The van der Waals surface area contributed by atoms with Crippen LogP contribution in [0.1, 0.15) is 36.9 Å². The van der Waals surface area contributed by atoms with E-state index >= 15 is 0 Å². The molecule has 2 unspecified atom stereocenters. The van der Waals surface area contributed by atoms with Crippen LogP contribution in [0, 0.1) is 5.92 Å². The molecule has 106 valence electrons. The molecule has 0 radical (unpaired) electrons. The minimum absolute atomic E-state index is 0.314. The highest BCUT2D eigenvalue weighted by Gasteiger charge is 2.28. The van der Waals surface area contributed by atoms with Crippen LogP contribution in [0.2, 0.25) is 0 Å². The Morgan fingerprint density at radius 3 is 2.63 bits per heavy atom. The van der Waals surface area contributed by atoms with Crippen LogP contribution >= 0.6 is 15.9 Å². The number of nitrogens with one attached hydrogen (secondary N) is 1. The molecule has 0 bridgehead atoms. The summed E-state index contributed by atoms with van der Waals surface area (Å²) in [6.45, 7) is 2.31. The monoisotopic (exact) mass is 327 g/mol. The van der Waals surface area contributed by atoms with E-state index in [-0.39, 0.29) is 0 Å². The third-order valence-electron chi connectivity index (χ3n) is 3.99. The Morgan fingerprint density at radius 2 is 2.05 bits per heavy atom. The van der Waals surface area contributed by atoms with Gasteiger partial charge in [0.15, 0.2) is 0 Å². The van der Waals surface area contributed by atoms with Crippen LogP contribution in [0.5, 0.6) is 11.5 Å². The fourth-order valence-electron chi connectivity index (χ4n) is 2.97. The van der Waals surface area contributed by atoms with E-state index in [1.807, 2.05) is 13.1 Å². The molecule has 4 heteroatoms. The predicted molar refractivity (Wildman–Crippen MR) is 81.1 cm³/mol. The Morgan fingerprint density at radius 1 is 1.32 bits per heavy atom. The summed E-state index contributed by atoms with van der Waals surface area (Å²) < 4.78 is 12.1. The molecule has 0 amide bonds. The molecule has 1 aliphatic rings. The lowest BCUT2D eigenvalue weighted by Gasteiger charge is -2.23. The molecule has 0 aliphatic heterocycles. The third-order valence-corrected chi connectivity index (χ3v) is 4.58. The van der Waals surface area contributed by atoms with E-state index in [0.717, 1.165) is 28.8 Å². The lowest BCUT2D eigenvalue weighted by Crippen LogP contribution is -2.19. The first-order valence-corrected chi connectivity index (χ1v) is 7.52. The lowest BCUT2D eigenvalue weighted by molar-refractivity contribution is 0.379. The van der Waals surface area contributed by atoms with Gasteiger partial charge in [-0.05, 0) is 54.2 Å². The van der Waals surface area contributed by atoms with Gasteiger partial charge in [0.05, 0.1) is 18.7 Å². The van der Waals surface area contributed by atoms with Crippen LogP contribution in [0.15, 0.2) is 10.5 Å². The van der Waals surface area contributed by atoms with E-state index in [9.17, 15) is 0 Å². The van der Waals surface area contributed by atoms with Gasteiger partial charge in [-0.1, -0.05) is 6.92 Å². The van der Waals surface area contributed by atoms with Crippen LogP contribution in [-0.2, 0) is 6.42 Å². The van der Waals surface area contributed by atoms with Gasteiger partial charge in [-0.25, -0.2) is 0 Å². The maximum absolute atomic E-state index is 5.62. The molecule has 1 aliphatic carbocycles. The fraction of sp³-hybridized carbons (Fsp3) is 0.600. The van der Waals surface area contributed by atoms with Crippen molar-refractivity contribution in [3.63, 3.8) is 0 Å². The van der Waals surface area contributed by atoms with E-state index in [0.29, 0.717) is 12.0 Å². The molecule has 3 nitrogen and oxygen atoms in total. The molecule has 0 saturated heterocycles. The number of methoxy groups -OCH3 is 2. The first kappa shape index (κ1) is 14.7. The van der Waals surface area contributed by atoms with Crippen molar-refractivity contribution in [1.29, 1.82) is 0 Å². The van der Waals surface area contributed by atoms with Crippen molar-refractivity contribution in [3.05, 3.63) is 21.7 Å². The molecule has 0 heterocycles. The first-order chi connectivity index (χ1) is 9.12. The second-order valence-corrected chi connectivity index (χ2v) is 6.06. The highest BCUT2D eigenvalue weighted by Crippen LogP contribution is 2.45. The van der Waals surface area contributed by atoms with Gasteiger partial charge in [0.25, 0.3) is 0 Å². The number of fused-ring (bicyclic) bond motifs is 1. The van der Waals surface area contributed by atoms with Gasteiger partial charge in [0.2, 0.25) is 0 Å². The summed E-state index contributed by atoms with van der Waals surface area (Å²) in [5.41, 5.74) is 2.53. The number of hydrogen-bond acceptors (Lipinski definition) is 3. The van der Waals surface area contributed by atoms with Crippen molar-refractivity contribution in [1.82, 2.24) is 5.32 Å². The smallest absolute Gasteiger partial charge is 0.138 e. The van der Waals surface area contributed by atoms with E-state index in [1.165, 1.54) is 17.5 Å². The topological polar surface area (TPSA) is 30.5 Å². The lowest BCUT2D eigenvalue weighted by atomic mass is 9.96. The number of rotatable bonds is 3. The number of benzene rings is 1. The first-order valence-electron chi connectivity index (χ1n) is 6.72. The van der Waals surface area contributed by atoms with Crippen molar-refractivity contribution in [3.8, 4) is 11.5 Å². The standard InChI is InChI=1S/C15H22BrNO2/c1-9-5-6-10-13(18-3)8-11(16)15(19-4)14(10)12(7-9)17-2/h8-9,12,17H,5-7H2,1-4H3. The van der Waals surface area contributed by atoms with E-state index in [4.69, 9.17) is 9.47 Å². The summed E-state index contributed by atoms with van der Waals surface area (Å²) in [6, 6.07) is 2.33. The molecular weight excluding hydrogens is 306 g/mol. The molecule has 0 spiro atoms. The predicted octanol–water partition coefficient (Wildman–Crippen LogP) is 3.70. The van der Waals surface area contributed by atoms with Crippen molar-refractivity contribution in [2.24, 2.45) is 5.92 Å². The molecule has 2 atom stereocenters. The quantitative estimate of drug-likeness (QED) is 0.858. The Kier molecular flexibility index (Phi) is 4.74. The van der Waals surface area contributed by atoms with Crippen molar-refractivity contribution in [2.45, 2.75) is 32.2 Å². The van der Waals surface area contributed by atoms with Gasteiger partial charge in [0.1, 0.15) is 11.5 Å². The van der Waals surface area contributed by atoms with Crippen molar-refractivity contribution >= 4 is 15.9 Å². The highest BCUT2D eigenvalue weighted by atomic mass is 79.9. The zero-order valence-electron chi connectivity index (χ0n) is 12.0. The Balaban J connectivity index is 2.64. The molecule has 2 rings (SSSR count). The second-order valence-electron chi connectivity index (χ2n) is 5.21. The molecule has 0 aromatic heterocycles. The van der Waals surface area contributed by atoms with Gasteiger partial charge >= 0.3 is 0 Å². The molecule has 1 aromatic rings. The van der Waals surface area contributed by atoms with Gasteiger partial charge in [-0.2, -0.15) is 0 Å². The minimum atomic E-state index is 0.314. The molecule has 1 aromatic carbocycles. The van der Waals surface area contributed by atoms with Gasteiger partial charge in [0, 0.05) is 17.2 Å². The number of halogens is 1. The molecule has 1 N–H and O–H groups in total. The van der Waals surface area contributed by atoms with Crippen molar-refractivity contribution < 1.29 is 9.47 Å².